The zero-order chi connectivity index (χ0) is 15.6. The standard InChI is InChI=1S/C14H15ClN4O2S/c15-10-2-1-3-11(8-10)18-14-16-6-4-13(19-14)17-12-5-7-22(20,21)9-12/h1-4,6,8,12H,5,7,9H2,(H2,16,17,18,19). The monoisotopic (exact) mass is 338 g/mol. The highest BCUT2D eigenvalue weighted by Gasteiger charge is 2.27. The van der Waals surface area contributed by atoms with Gasteiger partial charge < -0.3 is 10.6 Å². The first-order chi connectivity index (χ1) is 10.5. The molecule has 1 aliphatic rings. The van der Waals surface area contributed by atoms with E-state index in [2.05, 4.69) is 20.6 Å². The van der Waals surface area contributed by atoms with E-state index in [1.165, 1.54) is 0 Å². The number of hydrogen-bond donors (Lipinski definition) is 2. The summed E-state index contributed by atoms with van der Waals surface area (Å²) in [6.45, 7) is 0. The Balaban J connectivity index is 1.70. The summed E-state index contributed by atoms with van der Waals surface area (Å²) in [6.07, 6.45) is 2.22. The number of nitrogens with one attached hydrogen (secondary N) is 2. The molecule has 1 aromatic heterocycles. The van der Waals surface area contributed by atoms with E-state index in [1.807, 2.05) is 12.1 Å². The minimum atomic E-state index is -2.92. The van der Waals surface area contributed by atoms with Crippen molar-refractivity contribution in [2.75, 3.05) is 22.1 Å². The van der Waals surface area contributed by atoms with Crippen LogP contribution in [0, 0.1) is 0 Å². The van der Waals surface area contributed by atoms with E-state index >= 15 is 0 Å². The van der Waals surface area contributed by atoms with Crippen LogP contribution >= 0.6 is 11.6 Å². The minimum Gasteiger partial charge on any atom is -0.366 e. The molecule has 0 radical (unpaired) electrons. The van der Waals surface area contributed by atoms with E-state index in [0.29, 0.717) is 23.2 Å². The van der Waals surface area contributed by atoms with Crippen LogP contribution in [-0.2, 0) is 9.84 Å². The number of halogens is 1. The molecular weight excluding hydrogens is 324 g/mol. The van der Waals surface area contributed by atoms with E-state index in [4.69, 9.17) is 11.6 Å². The molecule has 0 bridgehead atoms. The first kappa shape index (κ1) is 15.1. The van der Waals surface area contributed by atoms with Crippen LogP contribution in [-0.4, -0.2) is 35.9 Å². The van der Waals surface area contributed by atoms with Crippen molar-refractivity contribution < 1.29 is 8.42 Å². The smallest absolute Gasteiger partial charge is 0.229 e. The van der Waals surface area contributed by atoms with Crippen molar-refractivity contribution in [3.63, 3.8) is 0 Å². The number of benzene rings is 1. The molecule has 1 aliphatic heterocycles. The van der Waals surface area contributed by atoms with Gasteiger partial charge in [0.25, 0.3) is 0 Å². The Bertz CT molecular complexity index is 782. The maximum absolute atomic E-state index is 11.5. The summed E-state index contributed by atoms with van der Waals surface area (Å²) in [5.74, 6) is 1.40. The second kappa shape index (κ2) is 6.10. The van der Waals surface area contributed by atoms with Crippen molar-refractivity contribution in [1.82, 2.24) is 9.97 Å². The van der Waals surface area contributed by atoms with Gasteiger partial charge in [0.2, 0.25) is 5.95 Å². The minimum absolute atomic E-state index is 0.0982. The Kier molecular flexibility index (Phi) is 4.17. The van der Waals surface area contributed by atoms with Crippen molar-refractivity contribution in [1.29, 1.82) is 0 Å². The van der Waals surface area contributed by atoms with E-state index in [1.54, 1.807) is 24.4 Å². The normalized spacial score (nSPS) is 19.8. The van der Waals surface area contributed by atoms with Gasteiger partial charge in [-0.3, -0.25) is 0 Å². The van der Waals surface area contributed by atoms with Crippen LogP contribution in [0.25, 0.3) is 0 Å². The molecule has 2 N–H and O–H groups in total. The quantitative estimate of drug-likeness (QED) is 0.891. The van der Waals surface area contributed by atoms with Gasteiger partial charge in [0.1, 0.15) is 5.82 Å². The third kappa shape index (κ3) is 3.86. The van der Waals surface area contributed by atoms with Crippen LogP contribution < -0.4 is 10.6 Å². The molecule has 3 rings (SSSR count). The summed E-state index contributed by atoms with van der Waals surface area (Å²) in [5.41, 5.74) is 0.785. The lowest BCUT2D eigenvalue weighted by Gasteiger charge is -2.12. The number of nitrogens with zero attached hydrogens (tertiary/aromatic N) is 2. The Labute approximate surface area is 133 Å². The SMILES string of the molecule is O=S1(=O)CCC(Nc2ccnc(Nc3cccc(Cl)c3)n2)C1. The molecule has 1 unspecified atom stereocenters. The van der Waals surface area contributed by atoms with Crippen molar-refractivity contribution >= 4 is 38.9 Å². The first-order valence-electron chi connectivity index (χ1n) is 6.83. The number of rotatable bonds is 4. The van der Waals surface area contributed by atoms with Gasteiger partial charge in [0.15, 0.2) is 9.84 Å². The lowest BCUT2D eigenvalue weighted by atomic mass is 10.2. The fourth-order valence-electron chi connectivity index (χ4n) is 2.31. The summed E-state index contributed by atoms with van der Waals surface area (Å²) in [7, 11) is -2.92. The molecule has 22 heavy (non-hydrogen) atoms. The van der Waals surface area contributed by atoms with Gasteiger partial charge in [-0.25, -0.2) is 13.4 Å². The molecule has 0 aliphatic carbocycles. The fraction of sp³-hybridized carbons (Fsp3) is 0.286. The number of hydrogen-bond acceptors (Lipinski definition) is 6. The number of aromatic nitrogens is 2. The average molecular weight is 339 g/mol. The Morgan fingerprint density at radius 2 is 2.14 bits per heavy atom. The Hall–Kier alpha value is -1.86. The highest BCUT2D eigenvalue weighted by Crippen LogP contribution is 2.20. The largest absolute Gasteiger partial charge is 0.366 e. The summed E-state index contributed by atoms with van der Waals surface area (Å²) in [5, 5.41) is 6.82. The van der Waals surface area contributed by atoms with Crippen LogP contribution in [0.2, 0.25) is 5.02 Å². The van der Waals surface area contributed by atoms with E-state index in [9.17, 15) is 8.42 Å². The van der Waals surface area contributed by atoms with E-state index < -0.39 is 9.84 Å². The van der Waals surface area contributed by atoms with Crippen molar-refractivity contribution in [3.05, 3.63) is 41.6 Å². The second-order valence-electron chi connectivity index (χ2n) is 5.15. The maximum atomic E-state index is 11.5. The summed E-state index contributed by atoms with van der Waals surface area (Å²) in [6, 6.07) is 8.86. The van der Waals surface area contributed by atoms with Crippen LogP contribution in [0.15, 0.2) is 36.5 Å². The molecule has 0 amide bonds. The van der Waals surface area contributed by atoms with Gasteiger partial charge in [-0.05, 0) is 30.7 Å². The molecule has 1 aromatic carbocycles. The Morgan fingerprint density at radius 1 is 1.27 bits per heavy atom. The third-order valence-electron chi connectivity index (χ3n) is 3.32. The maximum Gasteiger partial charge on any atom is 0.229 e. The zero-order valence-electron chi connectivity index (χ0n) is 11.7. The van der Waals surface area contributed by atoms with Gasteiger partial charge in [0, 0.05) is 22.9 Å². The third-order valence-corrected chi connectivity index (χ3v) is 5.32. The van der Waals surface area contributed by atoms with Gasteiger partial charge in [0.05, 0.1) is 11.5 Å². The highest BCUT2D eigenvalue weighted by molar-refractivity contribution is 7.91. The van der Waals surface area contributed by atoms with Crippen molar-refractivity contribution in [2.24, 2.45) is 0 Å². The molecule has 8 heteroatoms. The number of anilines is 3. The molecule has 2 aromatic rings. The zero-order valence-corrected chi connectivity index (χ0v) is 13.2. The summed E-state index contributed by atoms with van der Waals surface area (Å²) >= 11 is 5.93. The van der Waals surface area contributed by atoms with Gasteiger partial charge >= 0.3 is 0 Å². The summed E-state index contributed by atoms with van der Waals surface area (Å²) in [4.78, 5) is 8.48. The van der Waals surface area contributed by atoms with Crippen molar-refractivity contribution in [2.45, 2.75) is 12.5 Å². The highest BCUT2D eigenvalue weighted by atomic mass is 35.5. The van der Waals surface area contributed by atoms with Crippen LogP contribution in [0.3, 0.4) is 0 Å². The van der Waals surface area contributed by atoms with Crippen LogP contribution in [0.5, 0.6) is 0 Å². The van der Waals surface area contributed by atoms with Gasteiger partial charge in [-0.2, -0.15) is 4.98 Å². The first-order valence-corrected chi connectivity index (χ1v) is 9.03. The molecule has 6 nitrogen and oxygen atoms in total. The second-order valence-corrected chi connectivity index (χ2v) is 7.81. The summed E-state index contributed by atoms with van der Waals surface area (Å²) < 4.78 is 22.9. The lowest BCUT2D eigenvalue weighted by molar-refractivity contribution is 0.602. The van der Waals surface area contributed by atoms with Crippen LogP contribution in [0.1, 0.15) is 6.42 Å². The van der Waals surface area contributed by atoms with Gasteiger partial charge in [-0.15, -0.1) is 0 Å². The lowest BCUT2D eigenvalue weighted by Crippen LogP contribution is -2.21. The topological polar surface area (TPSA) is 84.0 Å². The molecule has 1 atom stereocenters. The van der Waals surface area contributed by atoms with E-state index in [-0.39, 0.29) is 17.5 Å². The molecule has 1 fully saturated rings. The fourth-order valence-corrected chi connectivity index (χ4v) is 4.18. The van der Waals surface area contributed by atoms with Crippen LogP contribution in [0.4, 0.5) is 17.5 Å². The predicted molar refractivity (Wildman–Crippen MR) is 87.4 cm³/mol. The molecule has 2 heterocycles. The molecule has 0 spiro atoms. The van der Waals surface area contributed by atoms with Gasteiger partial charge in [-0.1, -0.05) is 17.7 Å². The molecule has 0 saturated carbocycles. The average Bonchev–Trinajstić information content (AvgIpc) is 2.78. The number of sulfone groups is 1. The molecular formula is C14H15ClN4O2S. The Morgan fingerprint density at radius 3 is 2.86 bits per heavy atom. The molecule has 116 valence electrons. The van der Waals surface area contributed by atoms with Crippen molar-refractivity contribution in [3.8, 4) is 0 Å². The van der Waals surface area contributed by atoms with E-state index in [0.717, 1.165) is 5.69 Å². The molecule has 1 saturated heterocycles. The predicted octanol–water partition coefficient (Wildman–Crippen LogP) is 2.47.